The molecule has 0 saturated heterocycles. The molecule has 0 radical (unpaired) electrons. The summed E-state index contributed by atoms with van der Waals surface area (Å²) in [6.07, 6.45) is 11.0. The van der Waals surface area contributed by atoms with Crippen LogP contribution in [0.1, 0.15) is 27.9 Å². The fraction of sp³-hybridized carbons (Fsp3) is 0.158. The summed E-state index contributed by atoms with van der Waals surface area (Å²) in [4.78, 5) is 39.5. The molecule has 2 N–H and O–H groups in total. The quantitative estimate of drug-likeness (QED) is 0.662. The summed E-state index contributed by atoms with van der Waals surface area (Å²) < 4.78 is 4.79. The van der Waals surface area contributed by atoms with Crippen molar-refractivity contribution in [3.05, 3.63) is 60.7 Å². The van der Waals surface area contributed by atoms with E-state index < -0.39 is 0 Å². The highest BCUT2D eigenvalue weighted by Gasteiger charge is 2.14. The van der Waals surface area contributed by atoms with E-state index in [4.69, 9.17) is 0 Å². The van der Waals surface area contributed by atoms with Crippen LogP contribution < -0.4 is 10.6 Å². The first-order chi connectivity index (χ1) is 13.3. The van der Waals surface area contributed by atoms with E-state index in [1.54, 1.807) is 53.0 Å². The van der Waals surface area contributed by atoms with Gasteiger partial charge in [-0.3, -0.25) is 19.0 Å². The number of allylic oxidation sites excluding steroid dienone is 1. The minimum Gasteiger partial charge on any atom is -0.349 e. The van der Waals surface area contributed by atoms with Crippen molar-refractivity contribution in [3.63, 3.8) is 0 Å². The van der Waals surface area contributed by atoms with Gasteiger partial charge in [-0.25, -0.2) is 4.98 Å². The smallest absolute Gasteiger partial charge is 0.272 e. The van der Waals surface area contributed by atoms with Crippen molar-refractivity contribution >= 4 is 35.2 Å². The fourth-order valence-corrected chi connectivity index (χ4v) is 2.70. The van der Waals surface area contributed by atoms with Crippen LogP contribution in [0, 0.1) is 0 Å². The van der Waals surface area contributed by atoms with Crippen molar-refractivity contribution in [1.82, 2.24) is 18.7 Å². The van der Waals surface area contributed by atoms with Crippen molar-refractivity contribution in [2.75, 3.05) is 10.6 Å². The average molecular weight is 380 g/mol. The highest BCUT2D eigenvalue weighted by molar-refractivity contribution is 6.04. The molecule has 0 atom stereocenters. The fourth-order valence-electron chi connectivity index (χ4n) is 2.70. The highest BCUT2D eigenvalue weighted by atomic mass is 16.2. The van der Waals surface area contributed by atoms with Gasteiger partial charge in [0.1, 0.15) is 12.0 Å². The van der Waals surface area contributed by atoms with Gasteiger partial charge in [-0.2, -0.15) is 0 Å². The third-order valence-corrected chi connectivity index (χ3v) is 4.01. The molecule has 2 amide bonds. The zero-order valence-corrected chi connectivity index (χ0v) is 15.7. The van der Waals surface area contributed by atoms with E-state index in [0.717, 1.165) is 5.69 Å². The number of aromatic nitrogens is 4. The minimum atomic E-state index is -0.310. The van der Waals surface area contributed by atoms with Gasteiger partial charge in [0.15, 0.2) is 0 Å². The summed E-state index contributed by atoms with van der Waals surface area (Å²) >= 11 is 0. The molecule has 0 saturated carbocycles. The van der Waals surface area contributed by atoms with Crippen molar-refractivity contribution < 1.29 is 14.4 Å². The number of carbonyl (C=O) groups is 3. The predicted molar refractivity (Wildman–Crippen MR) is 105 cm³/mol. The molecule has 9 nitrogen and oxygen atoms in total. The molecular formula is C19H20N6O3. The highest BCUT2D eigenvalue weighted by Crippen LogP contribution is 2.18. The summed E-state index contributed by atoms with van der Waals surface area (Å²) in [5, 5.41) is 5.46. The summed E-state index contributed by atoms with van der Waals surface area (Å²) in [7, 11) is 3.54. The van der Waals surface area contributed by atoms with E-state index in [2.05, 4.69) is 15.6 Å². The van der Waals surface area contributed by atoms with E-state index in [1.807, 2.05) is 7.05 Å². The predicted octanol–water partition coefficient (Wildman–Crippen LogP) is 2.12. The monoisotopic (exact) mass is 380 g/mol. The topological polar surface area (TPSA) is 103 Å². The Hall–Kier alpha value is -3.88. The van der Waals surface area contributed by atoms with E-state index >= 15 is 0 Å². The number of carbonyl (C=O) groups excluding carboxylic acids is 3. The van der Waals surface area contributed by atoms with Crippen LogP contribution in [-0.2, 0) is 18.9 Å². The Kier molecular flexibility index (Phi) is 5.25. The molecule has 0 aromatic carbocycles. The summed E-state index contributed by atoms with van der Waals surface area (Å²) in [6.45, 7) is 1.41. The minimum absolute atomic E-state index is 0.206. The zero-order chi connectivity index (χ0) is 20.3. The van der Waals surface area contributed by atoms with Crippen LogP contribution in [0.2, 0.25) is 0 Å². The molecule has 144 valence electrons. The molecule has 0 unspecified atom stereocenters. The Morgan fingerprint density at radius 2 is 1.75 bits per heavy atom. The van der Waals surface area contributed by atoms with Crippen molar-refractivity contribution in [2.24, 2.45) is 14.1 Å². The van der Waals surface area contributed by atoms with Crippen molar-refractivity contribution in [3.8, 4) is 0 Å². The Morgan fingerprint density at radius 1 is 1.04 bits per heavy atom. The Balaban J connectivity index is 1.71. The van der Waals surface area contributed by atoms with Gasteiger partial charge in [0, 0.05) is 57.6 Å². The lowest BCUT2D eigenvalue weighted by Crippen LogP contribution is -2.14. The lowest BCUT2D eigenvalue weighted by Gasteiger charge is -2.03. The first-order valence-electron chi connectivity index (χ1n) is 8.45. The molecule has 0 aliphatic rings. The summed E-state index contributed by atoms with van der Waals surface area (Å²) in [6, 6.07) is 3.36. The maximum Gasteiger partial charge on any atom is 0.272 e. The van der Waals surface area contributed by atoms with E-state index in [1.165, 1.54) is 30.1 Å². The van der Waals surface area contributed by atoms with Crippen LogP contribution in [0.15, 0.2) is 49.3 Å². The second-order valence-corrected chi connectivity index (χ2v) is 6.27. The average Bonchev–Trinajstić information content (AvgIpc) is 3.33. The molecule has 0 fully saturated rings. The number of aryl methyl sites for hydroxylation is 2. The van der Waals surface area contributed by atoms with Gasteiger partial charge >= 0.3 is 0 Å². The largest absolute Gasteiger partial charge is 0.349 e. The van der Waals surface area contributed by atoms with E-state index in [0.29, 0.717) is 17.1 Å². The lowest BCUT2D eigenvalue weighted by molar-refractivity contribution is -0.114. The number of hydrogen-bond acceptors (Lipinski definition) is 4. The first kappa shape index (κ1) is 18.9. The maximum absolute atomic E-state index is 12.5. The Labute approximate surface area is 161 Å². The van der Waals surface area contributed by atoms with E-state index in [-0.39, 0.29) is 17.7 Å². The Bertz CT molecular complexity index is 1060. The van der Waals surface area contributed by atoms with Gasteiger partial charge in [-0.15, -0.1) is 0 Å². The van der Waals surface area contributed by atoms with Crippen LogP contribution in [0.3, 0.4) is 0 Å². The summed E-state index contributed by atoms with van der Waals surface area (Å²) in [5.74, 6) is -0.740. The number of rotatable bonds is 5. The number of nitrogens with zero attached hydrogens (tertiary/aromatic N) is 4. The second kappa shape index (κ2) is 7.78. The second-order valence-electron chi connectivity index (χ2n) is 6.27. The van der Waals surface area contributed by atoms with Gasteiger partial charge in [0.25, 0.3) is 11.8 Å². The van der Waals surface area contributed by atoms with Crippen LogP contribution in [0.5, 0.6) is 0 Å². The molecule has 28 heavy (non-hydrogen) atoms. The molecule has 0 aliphatic carbocycles. The van der Waals surface area contributed by atoms with Gasteiger partial charge in [-0.05, 0) is 18.2 Å². The molecule has 0 aliphatic heterocycles. The number of hydrogen-bond donors (Lipinski definition) is 2. The van der Waals surface area contributed by atoms with E-state index in [9.17, 15) is 14.4 Å². The third kappa shape index (κ3) is 4.26. The summed E-state index contributed by atoms with van der Waals surface area (Å²) in [5.41, 5.74) is 2.29. The normalized spacial score (nSPS) is 11.0. The molecule has 3 rings (SSSR count). The van der Waals surface area contributed by atoms with Gasteiger partial charge < -0.3 is 19.8 Å². The number of amides is 2. The SMILES string of the molecule is CC(=O)Nc1cc(C(=O)Nc2cc(/C=C/C(=O)n3ccnc3)n(C)c2)n(C)c1. The third-order valence-electron chi connectivity index (χ3n) is 4.01. The molecule has 9 heteroatoms. The molecule has 3 aromatic heterocycles. The molecule has 0 spiro atoms. The number of nitrogens with one attached hydrogen (secondary N) is 2. The molecule has 3 heterocycles. The Morgan fingerprint density at radius 3 is 2.43 bits per heavy atom. The molecular weight excluding hydrogens is 360 g/mol. The van der Waals surface area contributed by atoms with Crippen LogP contribution >= 0.6 is 0 Å². The number of imidazole rings is 1. The van der Waals surface area contributed by atoms with Crippen molar-refractivity contribution in [2.45, 2.75) is 6.92 Å². The van der Waals surface area contributed by atoms with Gasteiger partial charge in [-0.1, -0.05) is 0 Å². The lowest BCUT2D eigenvalue weighted by atomic mass is 10.3. The standard InChI is InChI=1S/C19H20N6O3/c1-13(26)21-15-9-17(24(3)11-15)19(28)22-14-8-16(23(2)10-14)4-5-18(27)25-7-6-20-12-25/h4-12H,1-3H3,(H,21,26)(H,22,28)/b5-4+. The van der Waals surface area contributed by atoms with Crippen molar-refractivity contribution in [1.29, 1.82) is 0 Å². The van der Waals surface area contributed by atoms with Crippen LogP contribution in [-0.4, -0.2) is 36.4 Å². The van der Waals surface area contributed by atoms with Gasteiger partial charge in [0.05, 0.1) is 11.4 Å². The van der Waals surface area contributed by atoms with Gasteiger partial charge in [0.2, 0.25) is 5.91 Å². The molecule has 0 bridgehead atoms. The zero-order valence-electron chi connectivity index (χ0n) is 15.7. The van der Waals surface area contributed by atoms with Crippen LogP contribution in [0.25, 0.3) is 6.08 Å². The first-order valence-corrected chi connectivity index (χ1v) is 8.45. The number of anilines is 2. The molecule has 3 aromatic rings. The maximum atomic E-state index is 12.5. The van der Waals surface area contributed by atoms with Crippen LogP contribution in [0.4, 0.5) is 11.4 Å².